The van der Waals surface area contributed by atoms with Crippen molar-refractivity contribution < 1.29 is 19.0 Å². The van der Waals surface area contributed by atoms with Crippen LogP contribution in [0.1, 0.15) is 15.9 Å². The molecular weight excluding hydrogens is 289 g/mol. The molecule has 2 aromatic rings. The number of hydrogen-bond acceptors (Lipinski definition) is 3. The van der Waals surface area contributed by atoms with E-state index in [4.69, 9.17) is 0 Å². The van der Waals surface area contributed by atoms with E-state index in [0.717, 1.165) is 0 Å². The third-order valence-electron chi connectivity index (χ3n) is 2.76. The van der Waals surface area contributed by atoms with Crippen LogP contribution in [0.3, 0.4) is 0 Å². The van der Waals surface area contributed by atoms with Gasteiger partial charge in [-0.2, -0.15) is 0 Å². The number of benzene rings is 2. The number of Topliss-reactive ketones (excluding diaryl/α,β-unsaturated/α-hetero) is 1. The number of ketones is 1. The summed E-state index contributed by atoms with van der Waals surface area (Å²) in [5.74, 6) is -1.92. The highest BCUT2D eigenvalue weighted by Gasteiger charge is 2.26. The molecule has 1 atom stereocenters. The van der Waals surface area contributed by atoms with E-state index in [1.165, 1.54) is 12.1 Å². The first-order valence-corrected chi connectivity index (χ1v) is 8.10. The van der Waals surface area contributed by atoms with Crippen molar-refractivity contribution in [3.63, 3.8) is 0 Å². The maximum Gasteiger partial charge on any atom is 0.299 e. The van der Waals surface area contributed by atoms with Gasteiger partial charge in [-0.25, -0.2) is 0 Å². The third kappa shape index (κ3) is 4.38. The van der Waals surface area contributed by atoms with Crippen LogP contribution < -0.4 is 5.09 Å². The molecule has 6 heteroatoms. The summed E-state index contributed by atoms with van der Waals surface area (Å²) in [7, 11) is -3.97. The average molecular weight is 303 g/mol. The van der Waals surface area contributed by atoms with Gasteiger partial charge >= 0.3 is 0 Å². The van der Waals surface area contributed by atoms with Crippen LogP contribution in [0, 0.1) is 0 Å². The van der Waals surface area contributed by atoms with Crippen LogP contribution in [0.5, 0.6) is 0 Å². The molecule has 0 saturated heterocycles. The van der Waals surface area contributed by atoms with E-state index < -0.39 is 19.2 Å². The van der Waals surface area contributed by atoms with Crippen LogP contribution in [0.15, 0.2) is 60.7 Å². The molecule has 1 unspecified atom stereocenters. The van der Waals surface area contributed by atoms with Gasteiger partial charge in [0.25, 0.3) is 19.2 Å². The van der Waals surface area contributed by atoms with Crippen LogP contribution in [-0.4, -0.2) is 16.6 Å². The number of carbonyl (C=O) groups is 2. The molecule has 21 heavy (non-hydrogen) atoms. The first kappa shape index (κ1) is 15.2. The number of nitrogens with one attached hydrogen (secondary N) is 1. The lowest BCUT2D eigenvalue weighted by Gasteiger charge is -2.12. The Balaban J connectivity index is 2.05. The Morgan fingerprint density at radius 2 is 1.48 bits per heavy atom. The average Bonchev–Trinajstić information content (AvgIpc) is 2.47. The van der Waals surface area contributed by atoms with Gasteiger partial charge in [0.2, 0.25) is 0 Å². The molecule has 0 aliphatic carbocycles. The molecule has 2 aromatic carbocycles. The molecule has 5 nitrogen and oxygen atoms in total. The predicted octanol–water partition coefficient (Wildman–Crippen LogP) is 2.37. The lowest BCUT2D eigenvalue weighted by molar-refractivity contribution is -0.115. The van der Waals surface area contributed by atoms with E-state index in [2.05, 4.69) is 0 Å². The Morgan fingerprint density at radius 1 is 0.952 bits per heavy atom. The second-order valence-electron chi connectivity index (χ2n) is 4.48. The smallest absolute Gasteiger partial charge is 0.299 e. The van der Waals surface area contributed by atoms with Gasteiger partial charge in [-0.05, 0) is 5.56 Å². The fraction of sp³-hybridized carbons (Fsp3) is 0.0667. The van der Waals surface area contributed by atoms with Gasteiger partial charge in [-0.3, -0.25) is 19.2 Å². The Hall–Kier alpha value is -2.23. The molecule has 2 N–H and O–H groups in total. The van der Waals surface area contributed by atoms with Crippen molar-refractivity contribution >= 4 is 19.2 Å². The molecule has 0 aliphatic heterocycles. The molecule has 0 aromatic heterocycles. The third-order valence-corrected chi connectivity index (χ3v) is 4.10. The zero-order valence-electron chi connectivity index (χ0n) is 11.1. The lowest BCUT2D eigenvalue weighted by Crippen LogP contribution is -2.29. The van der Waals surface area contributed by atoms with Crippen molar-refractivity contribution in [2.75, 3.05) is 0 Å². The van der Waals surface area contributed by atoms with Crippen molar-refractivity contribution in [3.8, 4) is 0 Å². The maximum absolute atomic E-state index is 12.0. The molecule has 0 saturated carbocycles. The van der Waals surface area contributed by atoms with Crippen LogP contribution in [0.2, 0.25) is 0 Å². The Bertz CT molecular complexity index is 685. The SMILES string of the molecule is O=C(NP(=O)(O)Cc1ccccc1)C(=O)c1ccccc1. The molecule has 0 radical (unpaired) electrons. The summed E-state index contributed by atoms with van der Waals surface area (Å²) < 4.78 is 12.0. The minimum atomic E-state index is -3.97. The second kappa shape index (κ2) is 6.48. The second-order valence-corrected chi connectivity index (χ2v) is 6.42. The zero-order valence-corrected chi connectivity index (χ0v) is 12.0. The van der Waals surface area contributed by atoms with Gasteiger partial charge in [0.05, 0.1) is 6.16 Å². The van der Waals surface area contributed by atoms with Crippen molar-refractivity contribution in [3.05, 3.63) is 71.8 Å². The van der Waals surface area contributed by atoms with E-state index in [0.29, 0.717) is 5.56 Å². The van der Waals surface area contributed by atoms with Crippen LogP contribution in [0.25, 0.3) is 0 Å². The summed E-state index contributed by atoms with van der Waals surface area (Å²) >= 11 is 0. The first-order valence-electron chi connectivity index (χ1n) is 6.26. The molecule has 108 valence electrons. The molecule has 0 aliphatic rings. The Labute approximate surface area is 122 Å². The number of hydrogen-bond donors (Lipinski definition) is 2. The molecule has 1 amide bonds. The van der Waals surface area contributed by atoms with Crippen LogP contribution in [-0.2, 0) is 15.5 Å². The molecular formula is C15H14NO4P. The summed E-state index contributed by atoms with van der Waals surface area (Å²) in [4.78, 5) is 33.4. The molecule has 0 spiro atoms. The van der Waals surface area contributed by atoms with Gasteiger partial charge in [0, 0.05) is 5.56 Å². The predicted molar refractivity (Wildman–Crippen MR) is 78.9 cm³/mol. The largest absolute Gasteiger partial charge is 0.329 e. The minimum absolute atomic E-state index is 0.176. The Morgan fingerprint density at radius 3 is 2.05 bits per heavy atom. The fourth-order valence-electron chi connectivity index (χ4n) is 1.80. The molecule has 0 fully saturated rings. The van der Waals surface area contributed by atoms with Gasteiger partial charge < -0.3 is 4.89 Å². The van der Waals surface area contributed by atoms with Crippen LogP contribution in [0.4, 0.5) is 0 Å². The lowest BCUT2D eigenvalue weighted by atomic mass is 10.1. The standard InChI is InChI=1S/C15H14NO4P/c17-14(13-9-5-2-6-10-13)15(18)16-21(19,20)11-12-7-3-1-4-8-12/h1-10H,11H2,(H2,16,18,19,20). The first-order chi connectivity index (χ1) is 9.98. The minimum Gasteiger partial charge on any atom is -0.329 e. The van der Waals surface area contributed by atoms with Crippen LogP contribution >= 0.6 is 7.52 Å². The zero-order chi connectivity index (χ0) is 15.3. The molecule has 0 heterocycles. The van der Waals surface area contributed by atoms with Gasteiger partial charge in [-0.15, -0.1) is 0 Å². The van der Waals surface area contributed by atoms with E-state index >= 15 is 0 Å². The van der Waals surface area contributed by atoms with Gasteiger partial charge in [-0.1, -0.05) is 60.7 Å². The quantitative estimate of drug-likeness (QED) is 0.504. The molecule has 2 rings (SSSR count). The van der Waals surface area contributed by atoms with Crippen molar-refractivity contribution in [2.24, 2.45) is 0 Å². The normalized spacial score (nSPS) is 13.2. The van der Waals surface area contributed by atoms with Gasteiger partial charge in [0.15, 0.2) is 0 Å². The monoisotopic (exact) mass is 303 g/mol. The van der Waals surface area contributed by atoms with E-state index in [1.54, 1.807) is 48.5 Å². The number of rotatable bonds is 5. The number of carbonyl (C=O) groups excluding carboxylic acids is 2. The van der Waals surface area contributed by atoms with E-state index in [-0.39, 0.29) is 11.7 Å². The summed E-state index contributed by atoms with van der Waals surface area (Å²) in [6.07, 6.45) is -0.221. The summed E-state index contributed by atoms with van der Waals surface area (Å²) in [6.45, 7) is 0. The van der Waals surface area contributed by atoms with E-state index in [1.807, 2.05) is 5.09 Å². The van der Waals surface area contributed by atoms with Crippen molar-refractivity contribution in [2.45, 2.75) is 6.16 Å². The Kier molecular flexibility index (Phi) is 4.68. The highest BCUT2D eigenvalue weighted by atomic mass is 31.2. The van der Waals surface area contributed by atoms with Crippen molar-refractivity contribution in [1.82, 2.24) is 5.09 Å². The highest BCUT2D eigenvalue weighted by molar-refractivity contribution is 7.56. The summed E-state index contributed by atoms with van der Waals surface area (Å²) in [6, 6.07) is 16.5. The summed E-state index contributed by atoms with van der Waals surface area (Å²) in [5.41, 5.74) is 0.783. The molecule has 0 bridgehead atoms. The van der Waals surface area contributed by atoms with E-state index in [9.17, 15) is 19.0 Å². The highest BCUT2D eigenvalue weighted by Crippen LogP contribution is 2.39. The maximum atomic E-state index is 12.0. The van der Waals surface area contributed by atoms with Crippen molar-refractivity contribution in [1.29, 1.82) is 0 Å². The summed E-state index contributed by atoms with van der Waals surface area (Å²) in [5, 5.41) is 1.93. The fourth-order valence-corrected chi connectivity index (χ4v) is 3.00. The van der Waals surface area contributed by atoms with Gasteiger partial charge in [0.1, 0.15) is 0 Å². The topological polar surface area (TPSA) is 83.5 Å². The number of amides is 1.